The number of rotatable bonds is 4. The van der Waals surface area contributed by atoms with E-state index in [2.05, 4.69) is 31.8 Å². The van der Waals surface area contributed by atoms with Gasteiger partial charge >= 0.3 is 0 Å². The van der Waals surface area contributed by atoms with Crippen molar-refractivity contribution in [1.29, 1.82) is 0 Å². The lowest BCUT2D eigenvalue weighted by Crippen LogP contribution is -2.24. The second-order valence-electron chi connectivity index (χ2n) is 8.08. The summed E-state index contributed by atoms with van der Waals surface area (Å²) in [6.07, 6.45) is 6.99. The Kier molecular flexibility index (Phi) is 4.84. The predicted molar refractivity (Wildman–Crippen MR) is 106 cm³/mol. The number of fused-ring (bicyclic) bond motifs is 1. The van der Waals surface area contributed by atoms with Gasteiger partial charge in [0.1, 0.15) is 17.5 Å². The first-order valence-electron chi connectivity index (χ1n) is 10.2. The maximum atomic E-state index is 12.7. The summed E-state index contributed by atoms with van der Waals surface area (Å²) >= 11 is 0. The topological polar surface area (TPSA) is 101 Å². The third-order valence-corrected chi connectivity index (χ3v) is 6.06. The molecular formula is C20H25N7O2. The number of ether oxygens (including phenoxy) is 1. The van der Waals surface area contributed by atoms with Crippen LogP contribution in [0.3, 0.4) is 0 Å². The van der Waals surface area contributed by atoms with Crippen molar-refractivity contribution in [2.45, 2.75) is 38.1 Å². The Labute approximate surface area is 168 Å². The van der Waals surface area contributed by atoms with E-state index in [0.29, 0.717) is 18.0 Å². The highest BCUT2D eigenvalue weighted by Gasteiger charge is 2.33. The van der Waals surface area contributed by atoms with Crippen LogP contribution in [0.5, 0.6) is 0 Å². The summed E-state index contributed by atoms with van der Waals surface area (Å²) in [5, 5.41) is 4.84. The third-order valence-electron chi connectivity index (χ3n) is 6.06. The number of hydrogen-bond donors (Lipinski definition) is 1. The molecule has 0 bridgehead atoms. The minimum Gasteiger partial charge on any atom is -0.381 e. The van der Waals surface area contributed by atoms with Gasteiger partial charge in [-0.25, -0.2) is 19.5 Å². The third kappa shape index (κ3) is 3.56. The highest BCUT2D eigenvalue weighted by atomic mass is 16.5. The van der Waals surface area contributed by atoms with E-state index in [1.54, 1.807) is 23.1 Å². The van der Waals surface area contributed by atoms with Gasteiger partial charge in [0, 0.05) is 50.5 Å². The maximum absolute atomic E-state index is 12.7. The number of imidazole rings is 1. The molecule has 3 aromatic heterocycles. The van der Waals surface area contributed by atoms with Crippen molar-refractivity contribution in [2.24, 2.45) is 5.92 Å². The van der Waals surface area contributed by atoms with Crippen LogP contribution >= 0.6 is 0 Å². The summed E-state index contributed by atoms with van der Waals surface area (Å²) in [4.78, 5) is 31.2. The second-order valence-corrected chi connectivity index (χ2v) is 8.08. The largest absolute Gasteiger partial charge is 0.381 e. The minimum atomic E-state index is -0.127. The summed E-state index contributed by atoms with van der Waals surface area (Å²) in [5.74, 6) is 3.22. The van der Waals surface area contributed by atoms with Crippen LogP contribution in [-0.2, 0) is 11.3 Å². The molecule has 0 aliphatic carbocycles. The number of aromatic amines is 1. The van der Waals surface area contributed by atoms with E-state index < -0.39 is 0 Å². The molecule has 2 aliphatic rings. The van der Waals surface area contributed by atoms with Crippen molar-refractivity contribution in [3.63, 3.8) is 0 Å². The molecule has 5 rings (SSSR count). The summed E-state index contributed by atoms with van der Waals surface area (Å²) < 4.78 is 7.24. The maximum Gasteiger partial charge on any atom is 0.276 e. The van der Waals surface area contributed by atoms with Crippen LogP contribution in [0.2, 0.25) is 0 Å². The minimum absolute atomic E-state index is 0.127. The van der Waals surface area contributed by atoms with Gasteiger partial charge < -0.3 is 9.72 Å². The van der Waals surface area contributed by atoms with Crippen molar-refractivity contribution in [3.8, 4) is 0 Å². The Balaban J connectivity index is 1.43. The standard InChI is InChI=1S/C20H25N7O2/c1-13-10-26(12-17-21-5-2-6-22-17)11-15(13)18-24-20(28)16-9-23-19(27(16)25-18)14-3-7-29-8-4-14/h2,5-6,9,13-15H,3-4,7-8,10-12H2,1H3,(H,24,25,28)/t13-,15-/m0/s1. The zero-order chi connectivity index (χ0) is 19.8. The first kappa shape index (κ1) is 18.4. The Morgan fingerprint density at radius 2 is 1.97 bits per heavy atom. The Bertz CT molecular complexity index is 1040. The molecule has 2 saturated heterocycles. The van der Waals surface area contributed by atoms with Crippen molar-refractivity contribution in [2.75, 3.05) is 26.3 Å². The lowest BCUT2D eigenvalue weighted by molar-refractivity contribution is 0.0832. The number of likely N-dealkylation sites (tertiary alicyclic amines) is 1. The number of H-pyrrole nitrogens is 1. The molecule has 0 spiro atoms. The average Bonchev–Trinajstić information content (AvgIpc) is 3.33. The van der Waals surface area contributed by atoms with Crippen molar-refractivity contribution >= 4 is 5.52 Å². The lowest BCUT2D eigenvalue weighted by Gasteiger charge is -2.21. The van der Waals surface area contributed by atoms with Crippen molar-refractivity contribution in [1.82, 2.24) is 34.4 Å². The fraction of sp³-hybridized carbons (Fsp3) is 0.550. The van der Waals surface area contributed by atoms with Crippen LogP contribution in [0.4, 0.5) is 0 Å². The Morgan fingerprint density at radius 3 is 2.76 bits per heavy atom. The first-order valence-corrected chi connectivity index (χ1v) is 10.2. The summed E-state index contributed by atoms with van der Waals surface area (Å²) in [6.45, 7) is 6.09. The van der Waals surface area contributed by atoms with Crippen LogP contribution in [0.15, 0.2) is 29.5 Å². The number of nitrogens with zero attached hydrogens (tertiary/aromatic N) is 6. The molecule has 0 radical (unpaired) electrons. The van der Waals surface area contributed by atoms with Crippen LogP contribution < -0.4 is 5.56 Å². The molecule has 2 aliphatic heterocycles. The molecule has 2 atom stereocenters. The van der Waals surface area contributed by atoms with E-state index in [1.165, 1.54) is 0 Å². The van der Waals surface area contributed by atoms with Gasteiger partial charge in [-0.1, -0.05) is 6.92 Å². The van der Waals surface area contributed by atoms with E-state index in [9.17, 15) is 4.79 Å². The van der Waals surface area contributed by atoms with Gasteiger partial charge in [-0.05, 0) is 24.8 Å². The predicted octanol–water partition coefficient (Wildman–Crippen LogP) is 1.34. The summed E-state index contributed by atoms with van der Waals surface area (Å²) in [7, 11) is 0. The Morgan fingerprint density at radius 1 is 1.17 bits per heavy atom. The Hall–Kier alpha value is -2.65. The lowest BCUT2D eigenvalue weighted by atomic mass is 9.97. The molecule has 29 heavy (non-hydrogen) atoms. The fourth-order valence-corrected chi connectivity index (χ4v) is 4.50. The van der Waals surface area contributed by atoms with Gasteiger partial charge in [0.2, 0.25) is 0 Å². The fourth-order valence-electron chi connectivity index (χ4n) is 4.50. The molecule has 9 heteroatoms. The second kappa shape index (κ2) is 7.64. The van der Waals surface area contributed by atoms with E-state index in [4.69, 9.17) is 9.84 Å². The molecular weight excluding hydrogens is 370 g/mol. The van der Waals surface area contributed by atoms with Crippen molar-refractivity contribution in [3.05, 3.63) is 52.5 Å². The van der Waals surface area contributed by atoms with Crippen molar-refractivity contribution < 1.29 is 4.74 Å². The van der Waals surface area contributed by atoms with Gasteiger partial charge in [-0.15, -0.1) is 0 Å². The monoisotopic (exact) mass is 395 g/mol. The number of nitrogens with one attached hydrogen (secondary N) is 1. The van der Waals surface area contributed by atoms with E-state index >= 15 is 0 Å². The average molecular weight is 395 g/mol. The molecule has 0 unspecified atom stereocenters. The quantitative estimate of drug-likeness (QED) is 0.711. The molecule has 9 nitrogen and oxygen atoms in total. The van der Waals surface area contributed by atoms with E-state index in [0.717, 1.165) is 56.6 Å². The van der Waals surface area contributed by atoms with Crippen LogP contribution in [0, 0.1) is 5.92 Å². The summed E-state index contributed by atoms with van der Waals surface area (Å²) in [5.41, 5.74) is 0.383. The highest BCUT2D eigenvalue weighted by Crippen LogP contribution is 2.31. The number of aromatic nitrogens is 6. The normalized spacial score (nSPS) is 23.8. The smallest absolute Gasteiger partial charge is 0.276 e. The van der Waals surface area contributed by atoms with Crippen LogP contribution in [-0.4, -0.2) is 60.8 Å². The molecule has 3 aromatic rings. The molecule has 2 fully saturated rings. The highest BCUT2D eigenvalue weighted by molar-refractivity contribution is 5.42. The first-order chi connectivity index (χ1) is 14.2. The molecule has 152 valence electrons. The molecule has 0 saturated carbocycles. The van der Waals surface area contributed by atoms with E-state index in [1.807, 2.05) is 6.07 Å². The zero-order valence-corrected chi connectivity index (χ0v) is 16.5. The van der Waals surface area contributed by atoms with E-state index in [-0.39, 0.29) is 17.4 Å². The SMILES string of the molecule is C[C@H]1CN(Cc2ncccn2)C[C@@H]1c1nn2c(C3CCOCC3)ncc2c(=O)[nH]1. The molecule has 0 aromatic carbocycles. The zero-order valence-electron chi connectivity index (χ0n) is 16.5. The number of hydrogen-bond acceptors (Lipinski definition) is 7. The molecule has 5 heterocycles. The van der Waals surface area contributed by atoms with Gasteiger partial charge in [0.05, 0.1) is 12.7 Å². The van der Waals surface area contributed by atoms with Gasteiger partial charge in [-0.3, -0.25) is 9.69 Å². The molecule has 0 amide bonds. The summed E-state index contributed by atoms with van der Waals surface area (Å²) in [6, 6.07) is 1.82. The van der Waals surface area contributed by atoms with Crippen LogP contribution in [0.1, 0.15) is 49.1 Å². The molecule has 1 N–H and O–H groups in total. The van der Waals surface area contributed by atoms with Gasteiger partial charge in [0.15, 0.2) is 5.52 Å². The van der Waals surface area contributed by atoms with Gasteiger partial charge in [-0.2, -0.15) is 5.10 Å². The van der Waals surface area contributed by atoms with Gasteiger partial charge in [0.25, 0.3) is 5.56 Å². The van der Waals surface area contributed by atoms with Crippen LogP contribution in [0.25, 0.3) is 5.52 Å².